The average Bonchev–Trinajstić information content (AvgIpc) is 2.60. The minimum Gasteiger partial charge on any atom is -0.462 e. The molecule has 3 fully saturated rings. The summed E-state index contributed by atoms with van der Waals surface area (Å²) in [6.45, 7) is 6.66. The van der Waals surface area contributed by atoms with Crippen LogP contribution in [0.3, 0.4) is 0 Å². The number of halogens is 1. The quantitative estimate of drug-likeness (QED) is 0.496. The lowest BCUT2D eigenvalue weighted by Crippen LogP contribution is -2.52. The van der Waals surface area contributed by atoms with Gasteiger partial charge in [-0.3, -0.25) is 4.79 Å². The zero-order valence-corrected chi connectivity index (χ0v) is 12.2. The van der Waals surface area contributed by atoms with Gasteiger partial charge in [0, 0.05) is 17.2 Å². The standard InChI is InChI=1S/C15H23ClO2/c1-8-10-4-6-15(3)7-5-11(16)9(2)12(15)13(10)18-14(8)17/h8-13H,4-7H2,1-3H3/t8-,9+,10-,11+,12+,13-,15-/m0/s1. The summed E-state index contributed by atoms with van der Waals surface area (Å²) in [5, 5.41) is 0.247. The van der Waals surface area contributed by atoms with E-state index in [0.717, 1.165) is 12.8 Å². The summed E-state index contributed by atoms with van der Waals surface area (Å²) < 4.78 is 5.73. The van der Waals surface area contributed by atoms with Crippen molar-refractivity contribution in [3.8, 4) is 0 Å². The van der Waals surface area contributed by atoms with Crippen LogP contribution in [-0.4, -0.2) is 17.5 Å². The summed E-state index contributed by atoms with van der Waals surface area (Å²) in [4.78, 5) is 11.9. The first-order valence-corrected chi connectivity index (χ1v) is 7.72. The van der Waals surface area contributed by atoms with Crippen LogP contribution in [0.2, 0.25) is 0 Å². The molecule has 0 aromatic carbocycles. The summed E-state index contributed by atoms with van der Waals surface area (Å²) in [7, 11) is 0. The van der Waals surface area contributed by atoms with Crippen molar-refractivity contribution in [2.75, 3.05) is 0 Å². The largest absolute Gasteiger partial charge is 0.462 e. The minimum atomic E-state index is 0.0122. The molecular weight excluding hydrogens is 248 g/mol. The molecule has 0 aromatic rings. The number of ether oxygens (including phenoxy) is 1. The number of carbonyl (C=O) groups excluding carboxylic acids is 1. The Morgan fingerprint density at radius 1 is 1.28 bits per heavy atom. The van der Waals surface area contributed by atoms with Gasteiger partial charge in [-0.15, -0.1) is 11.6 Å². The molecule has 1 saturated heterocycles. The van der Waals surface area contributed by atoms with E-state index in [2.05, 4.69) is 13.8 Å². The van der Waals surface area contributed by atoms with E-state index < -0.39 is 0 Å². The van der Waals surface area contributed by atoms with Crippen molar-refractivity contribution in [1.82, 2.24) is 0 Å². The second-order valence-corrected chi connectivity index (χ2v) is 7.55. The Balaban J connectivity index is 1.93. The van der Waals surface area contributed by atoms with Gasteiger partial charge in [-0.1, -0.05) is 20.8 Å². The third-order valence-corrected chi connectivity index (χ3v) is 6.64. The molecular formula is C15H23ClO2. The van der Waals surface area contributed by atoms with Gasteiger partial charge in [-0.25, -0.2) is 0 Å². The number of hydrogen-bond donors (Lipinski definition) is 0. The number of rotatable bonds is 0. The summed E-state index contributed by atoms with van der Waals surface area (Å²) in [6, 6.07) is 0. The fraction of sp³-hybridized carbons (Fsp3) is 0.933. The lowest BCUT2D eigenvalue weighted by molar-refractivity contribution is -0.152. The summed E-state index contributed by atoms with van der Waals surface area (Å²) in [5.74, 6) is 1.44. The van der Waals surface area contributed by atoms with Crippen LogP contribution in [0.25, 0.3) is 0 Å². The molecule has 2 nitrogen and oxygen atoms in total. The predicted octanol–water partition coefficient (Wildman–Crippen LogP) is 3.62. The Hall–Kier alpha value is -0.240. The maximum absolute atomic E-state index is 11.9. The van der Waals surface area contributed by atoms with Crippen molar-refractivity contribution in [1.29, 1.82) is 0 Å². The lowest BCUT2D eigenvalue weighted by Gasteiger charge is -2.53. The number of carbonyl (C=O) groups is 1. The molecule has 0 N–H and O–H groups in total. The fourth-order valence-electron chi connectivity index (χ4n) is 4.78. The smallest absolute Gasteiger partial charge is 0.309 e. The normalized spacial score (nSPS) is 55.7. The SMILES string of the molecule is C[C@H]1[C@@H]2[C@H]3OC(=O)[C@@H](C)[C@@H]3CC[C@@]2(C)CC[C@H]1Cl. The van der Waals surface area contributed by atoms with E-state index in [1.807, 2.05) is 6.92 Å². The van der Waals surface area contributed by atoms with Crippen LogP contribution in [-0.2, 0) is 9.53 Å². The molecule has 7 atom stereocenters. The fourth-order valence-corrected chi connectivity index (χ4v) is 5.05. The van der Waals surface area contributed by atoms with Crippen molar-refractivity contribution in [3.63, 3.8) is 0 Å². The first-order chi connectivity index (χ1) is 8.44. The van der Waals surface area contributed by atoms with Crippen molar-refractivity contribution >= 4 is 17.6 Å². The third kappa shape index (κ3) is 1.64. The van der Waals surface area contributed by atoms with Gasteiger partial charge in [0.2, 0.25) is 0 Å². The first-order valence-electron chi connectivity index (χ1n) is 7.28. The predicted molar refractivity (Wildman–Crippen MR) is 71.4 cm³/mol. The van der Waals surface area contributed by atoms with Gasteiger partial charge < -0.3 is 4.74 Å². The zero-order valence-electron chi connectivity index (χ0n) is 11.5. The highest BCUT2D eigenvalue weighted by atomic mass is 35.5. The topological polar surface area (TPSA) is 26.3 Å². The van der Waals surface area contributed by atoms with Crippen LogP contribution >= 0.6 is 11.6 Å². The Morgan fingerprint density at radius 3 is 2.67 bits per heavy atom. The first kappa shape index (κ1) is 12.8. The highest BCUT2D eigenvalue weighted by molar-refractivity contribution is 6.20. The van der Waals surface area contributed by atoms with Crippen molar-refractivity contribution in [2.45, 2.75) is 57.9 Å². The van der Waals surface area contributed by atoms with E-state index in [1.165, 1.54) is 12.8 Å². The molecule has 0 aromatic heterocycles. The van der Waals surface area contributed by atoms with E-state index in [-0.39, 0.29) is 23.4 Å². The van der Waals surface area contributed by atoms with Crippen LogP contribution in [0.15, 0.2) is 0 Å². The van der Waals surface area contributed by atoms with Crippen molar-refractivity contribution in [2.24, 2.45) is 29.1 Å². The molecule has 1 aliphatic heterocycles. The van der Waals surface area contributed by atoms with E-state index in [0.29, 0.717) is 23.2 Å². The lowest BCUT2D eigenvalue weighted by atomic mass is 9.53. The van der Waals surface area contributed by atoms with E-state index in [1.54, 1.807) is 0 Å². The van der Waals surface area contributed by atoms with Gasteiger partial charge >= 0.3 is 5.97 Å². The summed E-state index contributed by atoms with van der Waals surface area (Å²) in [6.07, 6.45) is 4.79. The van der Waals surface area contributed by atoms with E-state index in [4.69, 9.17) is 16.3 Å². The molecule has 2 aliphatic carbocycles. The van der Waals surface area contributed by atoms with Crippen LogP contribution in [0, 0.1) is 29.1 Å². The van der Waals surface area contributed by atoms with Crippen LogP contribution < -0.4 is 0 Å². The molecule has 0 amide bonds. The second-order valence-electron chi connectivity index (χ2n) is 6.99. The maximum atomic E-state index is 11.9. The molecule has 102 valence electrons. The van der Waals surface area contributed by atoms with Crippen LogP contribution in [0.5, 0.6) is 0 Å². The molecule has 3 heteroatoms. The minimum absolute atomic E-state index is 0.0122. The molecule has 0 spiro atoms. The Morgan fingerprint density at radius 2 is 1.94 bits per heavy atom. The molecule has 0 radical (unpaired) electrons. The van der Waals surface area contributed by atoms with Crippen molar-refractivity contribution in [3.05, 3.63) is 0 Å². The number of fused-ring (bicyclic) bond motifs is 3. The van der Waals surface area contributed by atoms with Crippen molar-refractivity contribution < 1.29 is 9.53 Å². The highest BCUT2D eigenvalue weighted by Crippen LogP contribution is 2.58. The monoisotopic (exact) mass is 270 g/mol. The summed E-state index contributed by atoms with van der Waals surface area (Å²) >= 11 is 6.47. The summed E-state index contributed by atoms with van der Waals surface area (Å²) in [5.41, 5.74) is 0.330. The molecule has 3 rings (SSSR count). The Bertz CT molecular complexity index is 370. The molecule has 2 saturated carbocycles. The highest BCUT2D eigenvalue weighted by Gasteiger charge is 2.58. The van der Waals surface area contributed by atoms with Gasteiger partial charge in [0.1, 0.15) is 6.10 Å². The van der Waals surface area contributed by atoms with Gasteiger partial charge in [-0.05, 0) is 37.0 Å². The average molecular weight is 271 g/mol. The Labute approximate surface area is 114 Å². The molecule has 1 heterocycles. The van der Waals surface area contributed by atoms with Gasteiger partial charge in [0.25, 0.3) is 0 Å². The van der Waals surface area contributed by atoms with E-state index in [9.17, 15) is 4.79 Å². The van der Waals surface area contributed by atoms with Gasteiger partial charge in [0.15, 0.2) is 0 Å². The van der Waals surface area contributed by atoms with Crippen LogP contribution in [0.1, 0.15) is 46.5 Å². The number of esters is 1. The Kier molecular flexibility index (Phi) is 2.93. The molecule has 0 bridgehead atoms. The molecule has 0 unspecified atom stereocenters. The molecule has 3 aliphatic rings. The third-order valence-electron chi connectivity index (χ3n) is 6.02. The van der Waals surface area contributed by atoms with E-state index >= 15 is 0 Å². The number of hydrogen-bond acceptors (Lipinski definition) is 2. The van der Waals surface area contributed by atoms with Crippen LogP contribution in [0.4, 0.5) is 0 Å². The zero-order chi connectivity index (χ0) is 13.1. The van der Waals surface area contributed by atoms with Gasteiger partial charge in [-0.2, -0.15) is 0 Å². The molecule has 18 heavy (non-hydrogen) atoms. The number of alkyl halides is 1. The second kappa shape index (κ2) is 4.13. The van der Waals surface area contributed by atoms with Gasteiger partial charge in [0.05, 0.1) is 5.92 Å². The maximum Gasteiger partial charge on any atom is 0.309 e.